The SMILES string of the molecule is CCn1nnc2cc(C(=O)N3CCCC(c4nnc5ccccn45)C3)ccc21. The van der Waals surface area contributed by atoms with Crippen molar-refractivity contribution in [3.8, 4) is 0 Å². The Bertz CT molecular complexity index is 1160. The lowest BCUT2D eigenvalue weighted by Crippen LogP contribution is -2.39. The third kappa shape index (κ3) is 2.72. The first-order chi connectivity index (χ1) is 13.7. The normalized spacial score (nSPS) is 17.5. The fourth-order valence-corrected chi connectivity index (χ4v) is 4.03. The van der Waals surface area contributed by atoms with Gasteiger partial charge in [-0.15, -0.1) is 15.3 Å². The summed E-state index contributed by atoms with van der Waals surface area (Å²) in [6.07, 6.45) is 3.94. The van der Waals surface area contributed by atoms with Crippen LogP contribution in [0.4, 0.5) is 0 Å². The van der Waals surface area contributed by atoms with Gasteiger partial charge in [0.25, 0.3) is 5.91 Å². The molecule has 1 fully saturated rings. The summed E-state index contributed by atoms with van der Waals surface area (Å²) in [6.45, 7) is 4.18. The van der Waals surface area contributed by atoms with E-state index < -0.39 is 0 Å². The molecule has 5 rings (SSSR count). The van der Waals surface area contributed by atoms with Gasteiger partial charge in [-0.05, 0) is 50.1 Å². The van der Waals surface area contributed by atoms with E-state index in [2.05, 4.69) is 20.5 Å². The van der Waals surface area contributed by atoms with Crippen LogP contribution < -0.4 is 0 Å². The number of benzene rings is 1. The average Bonchev–Trinajstić information content (AvgIpc) is 3.36. The first-order valence-electron chi connectivity index (χ1n) is 9.67. The summed E-state index contributed by atoms with van der Waals surface area (Å²) in [5.74, 6) is 1.14. The number of pyridine rings is 1. The zero-order chi connectivity index (χ0) is 19.1. The molecule has 0 N–H and O–H groups in total. The van der Waals surface area contributed by atoms with Crippen molar-refractivity contribution >= 4 is 22.6 Å². The van der Waals surface area contributed by atoms with Crippen LogP contribution in [0.25, 0.3) is 16.7 Å². The quantitative estimate of drug-likeness (QED) is 0.550. The van der Waals surface area contributed by atoms with Crippen LogP contribution in [0.1, 0.15) is 41.9 Å². The number of rotatable bonds is 3. The van der Waals surface area contributed by atoms with Crippen LogP contribution in [-0.2, 0) is 6.54 Å². The third-order valence-corrected chi connectivity index (χ3v) is 5.47. The molecule has 28 heavy (non-hydrogen) atoms. The maximum absolute atomic E-state index is 13.1. The number of aryl methyl sites for hydroxylation is 1. The molecule has 0 saturated carbocycles. The van der Waals surface area contributed by atoms with Crippen LogP contribution >= 0.6 is 0 Å². The van der Waals surface area contributed by atoms with Crippen molar-refractivity contribution < 1.29 is 4.79 Å². The van der Waals surface area contributed by atoms with E-state index in [1.807, 2.05) is 63.5 Å². The Kier molecular flexibility index (Phi) is 4.03. The number of fused-ring (bicyclic) bond motifs is 2. The molecular weight excluding hydrogens is 354 g/mol. The van der Waals surface area contributed by atoms with E-state index in [4.69, 9.17) is 0 Å². The summed E-state index contributed by atoms with van der Waals surface area (Å²) in [6, 6.07) is 11.5. The molecule has 142 valence electrons. The van der Waals surface area contributed by atoms with Crippen molar-refractivity contribution in [1.82, 2.24) is 34.5 Å². The summed E-state index contributed by atoms with van der Waals surface area (Å²) in [5, 5.41) is 17.0. The van der Waals surface area contributed by atoms with Gasteiger partial charge in [0.05, 0.1) is 5.52 Å². The van der Waals surface area contributed by atoms with Gasteiger partial charge in [0.2, 0.25) is 0 Å². The Morgan fingerprint density at radius 2 is 2.11 bits per heavy atom. The van der Waals surface area contributed by atoms with E-state index in [9.17, 15) is 4.79 Å². The molecule has 8 nitrogen and oxygen atoms in total. The largest absolute Gasteiger partial charge is 0.338 e. The Balaban J connectivity index is 1.41. The number of hydrogen-bond acceptors (Lipinski definition) is 5. The number of carbonyl (C=O) groups is 1. The predicted octanol–water partition coefficient (Wildman–Crippen LogP) is 2.51. The second-order valence-corrected chi connectivity index (χ2v) is 7.19. The molecule has 0 spiro atoms. The molecule has 4 aromatic rings. The van der Waals surface area contributed by atoms with Gasteiger partial charge in [-0.1, -0.05) is 11.3 Å². The molecule has 0 bridgehead atoms. The standard InChI is InChI=1S/C20H21N7O/c1-2-27-17-9-8-14(12-16(17)21-24-27)20(28)25-10-5-6-15(13-25)19-23-22-18-7-3-4-11-26(18)19/h3-4,7-9,11-12,15H,2,5-6,10,13H2,1H3. The topological polar surface area (TPSA) is 81.2 Å². The van der Waals surface area contributed by atoms with Crippen LogP contribution in [0.15, 0.2) is 42.6 Å². The molecule has 1 aliphatic rings. The lowest BCUT2D eigenvalue weighted by atomic mass is 9.96. The number of aromatic nitrogens is 6. The van der Waals surface area contributed by atoms with Gasteiger partial charge in [0, 0.05) is 37.3 Å². The summed E-state index contributed by atoms with van der Waals surface area (Å²) in [5.41, 5.74) is 3.20. The van der Waals surface area contributed by atoms with Crippen LogP contribution in [-0.4, -0.2) is 53.5 Å². The fraction of sp³-hybridized carbons (Fsp3) is 0.350. The summed E-state index contributed by atoms with van der Waals surface area (Å²) >= 11 is 0. The van der Waals surface area contributed by atoms with Gasteiger partial charge >= 0.3 is 0 Å². The molecule has 1 aliphatic heterocycles. The van der Waals surface area contributed by atoms with Crippen molar-refractivity contribution in [2.75, 3.05) is 13.1 Å². The minimum atomic E-state index is 0.0338. The predicted molar refractivity (Wildman–Crippen MR) is 104 cm³/mol. The molecule has 4 heterocycles. The Morgan fingerprint density at radius 3 is 3.00 bits per heavy atom. The van der Waals surface area contributed by atoms with Crippen LogP contribution in [0.2, 0.25) is 0 Å². The van der Waals surface area contributed by atoms with Gasteiger partial charge < -0.3 is 4.90 Å². The summed E-state index contributed by atoms with van der Waals surface area (Å²) in [4.78, 5) is 15.0. The number of nitrogens with zero attached hydrogens (tertiary/aromatic N) is 7. The van der Waals surface area contributed by atoms with Crippen LogP contribution in [0.3, 0.4) is 0 Å². The highest BCUT2D eigenvalue weighted by Gasteiger charge is 2.28. The van der Waals surface area contributed by atoms with Gasteiger partial charge in [-0.25, -0.2) is 4.68 Å². The highest BCUT2D eigenvalue weighted by Crippen LogP contribution is 2.27. The molecule has 1 unspecified atom stereocenters. The molecule has 3 aromatic heterocycles. The maximum Gasteiger partial charge on any atom is 0.253 e. The molecular formula is C20H21N7O. The monoisotopic (exact) mass is 375 g/mol. The van der Waals surface area contributed by atoms with Gasteiger partial charge in [0.15, 0.2) is 5.65 Å². The molecule has 0 aliphatic carbocycles. The van der Waals surface area contributed by atoms with E-state index >= 15 is 0 Å². The van der Waals surface area contributed by atoms with E-state index in [1.165, 1.54) is 0 Å². The van der Waals surface area contributed by atoms with Crippen molar-refractivity contribution in [3.63, 3.8) is 0 Å². The Morgan fingerprint density at radius 1 is 1.18 bits per heavy atom. The lowest BCUT2D eigenvalue weighted by Gasteiger charge is -2.32. The van der Waals surface area contributed by atoms with E-state index in [0.717, 1.165) is 48.4 Å². The highest BCUT2D eigenvalue weighted by molar-refractivity contribution is 5.97. The maximum atomic E-state index is 13.1. The number of amides is 1. The molecule has 1 saturated heterocycles. The zero-order valence-electron chi connectivity index (χ0n) is 15.7. The van der Waals surface area contributed by atoms with Gasteiger partial charge in [-0.2, -0.15) is 0 Å². The number of piperidine rings is 1. The number of likely N-dealkylation sites (tertiary alicyclic amines) is 1. The molecule has 1 aromatic carbocycles. The second-order valence-electron chi connectivity index (χ2n) is 7.19. The van der Waals surface area contributed by atoms with Crippen molar-refractivity contribution in [1.29, 1.82) is 0 Å². The minimum Gasteiger partial charge on any atom is -0.338 e. The molecule has 1 amide bonds. The van der Waals surface area contributed by atoms with Crippen molar-refractivity contribution in [2.24, 2.45) is 0 Å². The summed E-state index contributed by atoms with van der Waals surface area (Å²) < 4.78 is 3.85. The van der Waals surface area contributed by atoms with Crippen LogP contribution in [0, 0.1) is 0 Å². The summed E-state index contributed by atoms with van der Waals surface area (Å²) in [7, 11) is 0. The average molecular weight is 375 g/mol. The van der Waals surface area contributed by atoms with Gasteiger partial charge in [0.1, 0.15) is 11.3 Å². The third-order valence-electron chi connectivity index (χ3n) is 5.47. The molecule has 1 atom stereocenters. The Labute approximate surface area is 161 Å². The van der Waals surface area contributed by atoms with Gasteiger partial charge in [-0.3, -0.25) is 9.20 Å². The van der Waals surface area contributed by atoms with E-state index in [-0.39, 0.29) is 11.8 Å². The number of carbonyl (C=O) groups excluding carboxylic acids is 1. The highest BCUT2D eigenvalue weighted by atomic mass is 16.2. The fourth-order valence-electron chi connectivity index (χ4n) is 4.03. The first-order valence-corrected chi connectivity index (χ1v) is 9.67. The molecule has 0 radical (unpaired) electrons. The second kappa shape index (κ2) is 6.70. The number of hydrogen-bond donors (Lipinski definition) is 0. The Hall–Kier alpha value is -3.29. The van der Waals surface area contributed by atoms with Crippen molar-refractivity contribution in [2.45, 2.75) is 32.2 Å². The van der Waals surface area contributed by atoms with E-state index in [0.29, 0.717) is 12.1 Å². The first kappa shape index (κ1) is 16.9. The van der Waals surface area contributed by atoms with Crippen molar-refractivity contribution in [3.05, 3.63) is 54.0 Å². The lowest BCUT2D eigenvalue weighted by molar-refractivity contribution is 0.0704. The smallest absolute Gasteiger partial charge is 0.253 e. The zero-order valence-corrected chi connectivity index (χ0v) is 15.7. The van der Waals surface area contributed by atoms with Crippen LogP contribution in [0.5, 0.6) is 0 Å². The molecule has 8 heteroatoms. The minimum absolute atomic E-state index is 0.0338. The van der Waals surface area contributed by atoms with E-state index in [1.54, 1.807) is 0 Å².